The lowest BCUT2D eigenvalue weighted by atomic mass is 9.49. The molecule has 6 unspecified atom stereocenters. The molecule has 2 heterocycles. The molecule has 3 fully saturated rings. The lowest BCUT2D eigenvalue weighted by Gasteiger charge is -2.50. The van der Waals surface area contributed by atoms with Crippen LogP contribution >= 0.6 is 39.1 Å². The molecule has 2 aliphatic heterocycles. The van der Waals surface area contributed by atoms with E-state index in [-0.39, 0.29) is 34.4 Å². The minimum absolute atomic E-state index is 0.0221. The summed E-state index contributed by atoms with van der Waals surface area (Å²) >= 11 is 16.1. The first-order chi connectivity index (χ1) is 22.0. The van der Waals surface area contributed by atoms with Gasteiger partial charge in [-0.05, 0) is 72.9 Å². The van der Waals surface area contributed by atoms with Crippen LogP contribution in [0.5, 0.6) is 11.5 Å². The van der Waals surface area contributed by atoms with Crippen LogP contribution in [0.25, 0.3) is 0 Å². The third-order valence-electron chi connectivity index (χ3n) is 9.86. The maximum absolute atomic E-state index is 15.1. The summed E-state index contributed by atoms with van der Waals surface area (Å²) in [6.07, 6.45) is 1.98. The fraction of sp³-hybridized carbons (Fsp3) is 0.273. The predicted molar refractivity (Wildman–Crippen MR) is 170 cm³/mol. The summed E-state index contributed by atoms with van der Waals surface area (Å²) in [4.78, 5) is 55.9. The molecule has 4 aliphatic rings. The fourth-order valence-corrected chi connectivity index (χ4v) is 8.76. The number of methoxy groups -OCH3 is 1. The number of nitrogens with zero attached hydrogens (tertiary/aromatic N) is 2. The van der Waals surface area contributed by atoms with E-state index in [2.05, 4.69) is 21.4 Å². The molecule has 2 saturated heterocycles. The maximum atomic E-state index is 15.1. The minimum Gasteiger partial charge on any atom is -0.508 e. The number of carbonyl (C=O) groups is 4. The van der Waals surface area contributed by atoms with E-state index in [1.54, 1.807) is 48.5 Å². The average molecular weight is 727 g/mol. The Morgan fingerprint density at radius 1 is 0.957 bits per heavy atom. The molecule has 10 nitrogen and oxygen atoms in total. The Balaban J connectivity index is 1.49. The van der Waals surface area contributed by atoms with Crippen LogP contribution in [0.15, 0.2) is 76.8 Å². The van der Waals surface area contributed by atoms with E-state index in [1.807, 2.05) is 6.08 Å². The second kappa shape index (κ2) is 11.1. The van der Waals surface area contributed by atoms with E-state index in [1.165, 1.54) is 19.2 Å². The molecule has 6 atom stereocenters. The lowest BCUT2D eigenvalue weighted by molar-refractivity contribution is -0.173. The molecule has 0 bridgehead atoms. The first-order valence-electron chi connectivity index (χ1n) is 14.5. The molecule has 3 N–H and O–H groups in total. The quantitative estimate of drug-likeness (QED) is 0.170. The molecule has 0 radical (unpaired) electrons. The number of phenolic OH excluding ortho intramolecular Hbond substituents is 1. The number of fused-ring (bicyclic) bond motifs is 4. The smallest absolute Gasteiger partial charge is 0.260 e. The van der Waals surface area contributed by atoms with Crippen molar-refractivity contribution in [2.75, 3.05) is 12.5 Å². The molecule has 3 aromatic rings. The van der Waals surface area contributed by atoms with Crippen molar-refractivity contribution < 1.29 is 34.2 Å². The number of hydroxylamine groups is 2. The molecule has 7 rings (SSSR count). The zero-order valence-corrected chi connectivity index (χ0v) is 27.2. The summed E-state index contributed by atoms with van der Waals surface area (Å²) in [7, 11) is 1.52. The molecule has 46 heavy (non-hydrogen) atoms. The largest absolute Gasteiger partial charge is 0.508 e. The van der Waals surface area contributed by atoms with Gasteiger partial charge in [0.05, 0.1) is 41.0 Å². The Morgan fingerprint density at radius 2 is 1.70 bits per heavy atom. The molecule has 3 aromatic carbocycles. The van der Waals surface area contributed by atoms with Gasteiger partial charge in [0, 0.05) is 21.0 Å². The Labute approximate surface area is 281 Å². The van der Waals surface area contributed by atoms with Crippen LogP contribution in [0.3, 0.4) is 0 Å². The van der Waals surface area contributed by atoms with Crippen molar-refractivity contribution in [3.05, 3.63) is 98.0 Å². The van der Waals surface area contributed by atoms with Crippen molar-refractivity contribution >= 4 is 68.4 Å². The number of halogens is 3. The molecule has 0 spiro atoms. The molecule has 13 heteroatoms. The number of hydrogen-bond acceptors (Lipinski definition) is 8. The molecule has 1 saturated carbocycles. The summed E-state index contributed by atoms with van der Waals surface area (Å²) in [6, 6.07) is 16.3. The van der Waals surface area contributed by atoms with Crippen LogP contribution in [0.1, 0.15) is 29.9 Å². The normalized spacial score (nSPS) is 28.5. The number of phenols is 1. The third kappa shape index (κ3) is 4.32. The van der Waals surface area contributed by atoms with Crippen molar-refractivity contribution in [1.82, 2.24) is 10.1 Å². The van der Waals surface area contributed by atoms with E-state index in [0.29, 0.717) is 31.9 Å². The highest BCUT2D eigenvalue weighted by molar-refractivity contribution is 9.10. The van der Waals surface area contributed by atoms with Crippen molar-refractivity contribution in [2.45, 2.75) is 24.2 Å². The van der Waals surface area contributed by atoms with Gasteiger partial charge in [0.1, 0.15) is 11.5 Å². The van der Waals surface area contributed by atoms with Gasteiger partial charge in [-0.25, -0.2) is 0 Å². The average Bonchev–Trinajstić information content (AvgIpc) is 3.40. The number of anilines is 1. The van der Waals surface area contributed by atoms with Gasteiger partial charge in [-0.3, -0.25) is 29.8 Å². The van der Waals surface area contributed by atoms with Gasteiger partial charge >= 0.3 is 0 Å². The van der Waals surface area contributed by atoms with Crippen molar-refractivity contribution in [3.63, 3.8) is 0 Å². The number of ether oxygens (including phenoxy) is 1. The molecular formula is C33H26BrCl2N3O7. The summed E-state index contributed by atoms with van der Waals surface area (Å²) in [5, 5.41) is 23.4. The van der Waals surface area contributed by atoms with E-state index >= 15 is 4.79 Å². The molecular weight excluding hydrogens is 701 g/mol. The van der Waals surface area contributed by atoms with Gasteiger partial charge in [0.25, 0.3) is 23.6 Å². The van der Waals surface area contributed by atoms with E-state index in [0.717, 1.165) is 5.01 Å². The number of nitrogens with one attached hydrogen (secondary N) is 1. The monoisotopic (exact) mass is 725 g/mol. The number of rotatable bonds is 5. The Kier molecular flexibility index (Phi) is 7.43. The van der Waals surface area contributed by atoms with Gasteiger partial charge in [-0.15, -0.1) is 0 Å². The maximum Gasteiger partial charge on any atom is 0.260 e. The number of amides is 4. The second-order valence-electron chi connectivity index (χ2n) is 11.9. The van der Waals surface area contributed by atoms with Crippen LogP contribution in [-0.2, 0) is 24.6 Å². The highest BCUT2D eigenvalue weighted by Gasteiger charge is 2.70. The topological polar surface area (TPSA) is 136 Å². The van der Waals surface area contributed by atoms with Gasteiger partial charge in [-0.2, -0.15) is 10.1 Å². The summed E-state index contributed by atoms with van der Waals surface area (Å²) in [5.41, 5.74) is 3.04. The number of benzene rings is 3. The van der Waals surface area contributed by atoms with E-state index in [4.69, 9.17) is 27.9 Å². The highest BCUT2D eigenvalue weighted by atomic mass is 79.9. The number of imide groups is 2. The van der Waals surface area contributed by atoms with Crippen LogP contribution in [0.2, 0.25) is 10.0 Å². The van der Waals surface area contributed by atoms with Crippen molar-refractivity contribution in [3.8, 4) is 11.5 Å². The molecule has 236 valence electrons. The second-order valence-corrected chi connectivity index (χ2v) is 13.7. The van der Waals surface area contributed by atoms with Crippen LogP contribution in [0, 0.1) is 23.7 Å². The van der Waals surface area contributed by atoms with Gasteiger partial charge in [-0.1, -0.05) is 62.9 Å². The van der Waals surface area contributed by atoms with Gasteiger partial charge in [0.15, 0.2) is 0 Å². The number of aromatic hydroxyl groups is 1. The minimum atomic E-state index is -1.62. The zero-order valence-electron chi connectivity index (χ0n) is 24.1. The van der Waals surface area contributed by atoms with Crippen LogP contribution < -0.4 is 10.2 Å². The summed E-state index contributed by atoms with van der Waals surface area (Å²) in [6.45, 7) is 0. The number of hydrazine groups is 1. The summed E-state index contributed by atoms with van der Waals surface area (Å²) < 4.78 is 6.01. The van der Waals surface area contributed by atoms with Crippen molar-refractivity contribution in [1.29, 1.82) is 0 Å². The first-order valence-corrected chi connectivity index (χ1v) is 16.0. The Bertz CT molecular complexity index is 1870. The van der Waals surface area contributed by atoms with Crippen LogP contribution in [0.4, 0.5) is 5.69 Å². The van der Waals surface area contributed by atoms with E-state index < -0.39 is 58.6 Å². The number of allylic oxidation sites excluding steroid dienone is 2. The highest BCUT2D eigenvalue weighted by Crippen LogP contribution is 2.65. The third-order valence-corrected chi connectivity index (χ3v) is 10.9. The Hall–Kier alpha value is -3.90. The molecule has 2 aliphatic carbocycles. The number of carbonyl (C=O) groups excluding carboxylic acids is 4. The predicted octanol–water partition coefficient (Wildman–Crippen LogP) is 5.84. The van der Waals surface area contributed by atoms with Gasteiger partial charge < -0.3 is 9.84 Å². The zero-order chi connectivity index (χ0) is 32.7. The Morgan fingerprint density at radius 3 is 2.39 bits per heavy atom. The van der Waals surface area contributed by atoms with E-state index in [9.17, 15) is 24.7 Å². The summed E-state index contributed by atoms with van der Waals surface area (Å²) in [5.74, 6) is -6.68. The fourth-order valence-electron chi connectivity index (χ4n) is 7.93. The SMILES string of the molecule is COc1ccc(C23C(=O)N(Nc4ccc(Cl)cc4Cl)C(=O)C2CC2C(=CCC4C(=O)N(O)C(=O)C42)C3c2cc(Br)ccc2O)cc1. The van der Waals surface area contributed by atoms with Crippen LogP contribution in [-0.4, -0.2) is 51.1 Å². The molecule has 4 amide bonds. The number of hydrogen-bond donors (Lipinski definition) is 3. The first kappa shape index (κ1) is 30.7. The standard InChI is InChI=1S/C33H26BrCl2N3O7/c1-46-18-6-2-15(3-7-18)33-23(30(42)38(32(33)44)37-25-10-5-17(35)13-24(25)36)14-21-19(28(33)22-12-16(34)4-11-26(22)40)8-9-20-27(21)31(43)39(45)29(20)41/h2-8,10-13,20-21,23,27-28,37,40,45H,9,14H2,1H3. The molecule has 0 aromatic heterocycles. The van der Waals surface area contributed by atoms with Crippen molar-refractivity contribution in [2.24, 2.45) is 23.7 Å². The van der Waals surface area contributed by atoms with Gasteiger partial charge in [0.2, 0.25) is 0 Å². The lowest BCUT2D eigenvalue weighted by Crippen LogP contribution is -2.53.